The molecule has 6 rings (SSSR count). The van der Waals surface area contributed by atoms with E-state index in [4.69, 9.17) is 0 Å². The van der Waals surface area contributed by atoms with Crippen molar-refractivity contribution in [3.8, 4) is 0 Å². The van der Waals surface area contributed by atoms with Gasteiger partial charge in [-0.25, -0.2) is 0 Å². The summed E-state index contributed by atoms with van der Waals surface area (Å²) in [5.74, 6) is 0. The zero-order valence-electron chi connectivity index (χ0n) is 26.1. The number of hydrogen-bond acceptors (Lipinski definition) is 0. The molecule has 0 radical (unpaired) electrons. The van der Waals surface area contributed by atoms with E-state index in [-0.39, 0.29) is 0 Å². The van der Waals surface area contributed by atoms with Gasteiger partial charge in [0.25, 0.3) is 0 Å². The van der Waals surface area contributed by atoms with Crippen molar-refractivity contribution >= 4 is 107 Å². The van der Waals surface area contributed by atoms with E-state index in [1.165, 1.54) is 31.8 Å². The van der Waals surface area contributed by atoms with Gasteiger partial charge in [-0.2, -0.15) is 0 Å². The fraction of sp³-hybridized carbons (Fsp3) is 0.0526. The molecule has 6 aromatic rings. The number of halogens is 6. The molecule has 10 heteroatoms. The second kappa shape index (κ2) is 22.2. The Morgan fingerprint density at radius 1 is 0.333 bits per heavy atom. The molecule has 0 aromatic heterocycles. The third kappa shape index (κ3) is 12.8. The Bertz CT molecular complexity index is 1380. The molecule has 0 spiro atoms. The fourth-order valence-corrected chi connectivity index (χ4v) is 11.7. The van der Waals surface area contributed by atoms with Crippen LogP contribution < -0.4 is 31.8 Å². The summed E-state index contributed by atoms with van der Waals surface area (Å²) in [5.41, 5.74) is 0. The predicted octanol–water partition coefficient (Wildman–Crippen LogP) is 11.1. The van der Waals surface area contributed by atoms with Gasteiger partial charge in [0.1, 0.15) is 46.4 Å². The molecule has 0 aliphatic carbocycles. The van der Waals surface area contributed by atoms with Gasteiger partial charge in [-0.15, -0.1) is 0 Å². The average Bonchev–Trinajstić information content (AvgIpc) is 3.13. The van der Waals surface area contributed by atoms with E-state index in [1.54, 1.807) is 0 Å². The van der Waals surface area contributed by atoms with Crippen LogP contribution in [0.15, 0.2) is 182 Å². The third-order valence-electron chi connectivity index (χ3n) is 7.64. The fourth-order valence-electron chi connectivity index (χ4n) is 5.25. The van der Waals surface area contributed by atoms with E-state index in [2.05, 4.69) is 256 Å². The zero-order valence-corrected chi connectivity index (χ0v) is 36.2. The summed E-state index contributed by atoms with van der Waals surface area (Å²) in [7, 11) is -3.05. The Balaban J connectivity index is 0.000000213. The Hall–Kier alpha value is -0.801. The van der Waals surface area contributed by atoms with Crippen molar-refractivity contribution in [3.05, 3.63) is 182 Å². The van der Waals surface area contributed by atoms with Crippen molar-refractivity contribution in [1.82, 2.24) is 0 Å². The molecule has 0 nitrogen and oxygen atoms in total. The maximum atomic E-state index is 9.69. The van der Waals surface area contributed by atoms with Crippen molar-refractivity contribution < 1.29 is 30.1 Å². The van der Waals surface area contributed by atoms with Gasteiger partial charge in [0.05, 0.1) is 13.3 Å². The minimum atomic E-state index is -3.81. The number of rotatable bonds is 6. The molecule has 6 aromatic carbocycles. The van der Waals surface area contributed by atoms with Crippen LogP contribution in [0.3, 0.4) is 0 Å². The Labute approximate surface area is 328 Å². The molecule has 0 unspecified atom stereocenters. The molecule has 0 atom stereocenters. The molecule has 0 fully saturated rings. The average molecular weight is 1120 g/mol. The standard InChI is InChI=1S/2C19H18P.2Cu.3FH.3HI/c2*1-20(17-11-5-2-6-12-17,18-13-7-3-8-14-18)19-15-9-4-10-16-19;;;;;;;;/h2*2-16H,1H3;;;6*1H/q2*+1;2*+2;;;;;;/p-6. The molecule has 0 saturated heterocycles. The molecule has 0 aliphatic heterocycles. The van der Waals surface area contributed by atoms with Gasteiger partial charge >= 0.3 is 91.1 Å². The van der Waals surface area contributed by atoms with Crippen molar-refractivity contribution in [2.45, 2.75) is 0 Å². The summed E-state index contributed by atoms with van der Waals surface area (Å²) in [6.07, 6.45) is 0. The monoisotopic (exact) mass is 1120 g/mol. The van der Waals surface area contributed by atoms with Crippen molar-refractivity contribution in [3.63, 3.8) is 0 Å². The summed E-state index contributed by atoms with van der Waals surface area (Å²) in [5, 5.41) is 8.57. The van der Waals surface area contributed by atoms with Crippen molar-refractivity contribution in [1.29, 1.82) is 0 Å². The SMILES string of the molecule is C[P+](c1ccccc1)(c1ccccc1)c1ccccc1.C[P+](c1ccccc1)(c1ccccc1)c1ccccc1.[F][Cu-]([F])[F].[I][Cu-]([I])[I]. The zero-order chi connectivity index (χ0) is 34.8. The van der Waals surface area contributed by atoms with Crippen LogP contribution in [0.5, 0.6) is 0 Å². The first-order valence-electron chi connectivity index (χ1n) is 14.4. The summed E-state index contributed by atoms with van der Waals surface area (Å²) in [6, 6.07) is 65.3. The second-order valence-corrected chi connectivity index (χ2v) is 41.7. The minimum absolute atomic E-state index is 0.597. The molecule has 0 N–H and O–H groups in total. The second-order valence-electron chi connectivity index (χ2n) is 10.3. The van der Waals surface area contributed by atoms with Crippen LogP contribution in [0.4, 0.5) is 10.7 Å². The number of hydrogen-bond donors (Lipinski definition) is 0. The number of benzene rings is 6. The Morgan fingerprint density at radius 2 is 0.438 bits per heavy atom. The van der Waals surface area contributed by atoms with E-state index in [9.17, 15) is 10.7 Å². The molecular formula is C38H36Cu2F3I3P2. The van der Waals surface area contributed by atoms with Gasteiger partial charge in [-0.3, -0.25) is 0 Å². The molecule has 0 heterocycles. The molecule has 48 heavy (non-hydrogen) atoms. The molecule has 0 amide bonds. The van der Waals surface area contributed by atoms with Crippen LogP contribution in [0, 0.1) is 0 Å². The van der Waals surface area contributed by atoms with Crippen LogP contribution >= 0.6 is 75.6 Å². The molecular weight excluding hydrogens is 1080 g/mol. The molecule has 0 saturated carbocycles. The van der Waals surface area contributed by atoms with E-state index in [1.807, 2.05) is 0 Å². The van der Waals surface area contributed by atoms with Crippen LogP contribution in [0.1, 0.15) is 0 Å². The third-order valence-corrected chi connectivity index (χ3v) is 15.6. The van der Waals surface area contributed by atoms with E-state index < -0.39 is 29.8 Å². The summed E-state index contributed by atoms with van der Waals surface area (Å²) in [4.78, 5) is 0. The van der Waals surface area contributed by atoms with E-state index >= 15 is 0 Å². The van der Waals surface area contributed by atoms with Crippen LogP contribution in [-0.2, 0) is 19.4 Å². The van der Waals surface area contributed by atoms with Gasteiger partial charge in [0, 0.05) is 0 Å². The summed E-state index contributed by atoms with van der Waals surface area (Å²) in [6.45, 7) is 4.82. The van der Waals surface area contributed by atoms with Gasteiger partial charge in [0.15, 0.2) is 0 Å². The molecule has 0 aliphatic rings. The topological polar surface area (TPSA) is 0 Å². The molecule has 262 valence electrons. The van der Waals surface area contributed by atoms with Crippen LogP contribution in [0.2, 0.25) is 0 Å². The first-order valence-corrected chi connectivity index (χ1v) is 29.0. The van der Waals surface area contributed by atoms with Crippen LogP contribution in [-0.4, -0.2) is 13.3 Å². The van der Waals surface area contributed by atoms with Crippen LogP contribution in [0.25, 0.3) is 0 Å². The summed E-state index contributed by atoms with van der Waals surface area (Å²) >= 11 is 3.20. The van der Waals surface area contributed by atoms with Gasteiger partial charge in [-0.1, -0.05) is 109 Å². The van der Waals surface area contributed by atoms with E-state index in [0.29, 0.717) is 4.15 Å². The Morgan fingerprint density at radius 3 is 0.542 bits per heavy atom. The molecule has 0 bridgehead atoms. The Kier molecular flexibility index (Phi) is 19.3. The van der Waals surface area contributed by atoms with E-state index in [0.717, 1.165) is 0 Å². The van der Waals surface area contributed by atoms with Gasteiger partial charge in [0.2, 0.25) is 0 Å². The van der Waals surface area contributed by atoms with Gasteiger partial charge < -0.3 is 0 Å². The first kappa shape index (κ1) is 41.6. The predicted molar refractivity (Wildman–Crippen MR) is 228 cm³/mol. The normalized spacial score (nSPS) is 11.2. The quantitative estimate of drug-likeness (QED) is 0.0886. The van der Waals surface area contributed by atoms with Crippen molar-refractivity contribution in [2.24, 2.45) is 0 Å². The first-order chi connectivity index (χ1) is 23.1. The van der Waals surface area contributed by atoms with Gasteiger partial charge in [-0.05, 0) is 72.8 Å². The maximum absolute atomic E-state index is 9.69. The van der Waals surface area contributed by atoms with Crippen molar-refractivity contribution in [2.75, 3.05) is 13.3 Å². The summed E-state index contributed by atoms with van der Waals surface area (Å²) < 4.78 is 29.7.